The molecule has 0 saturated heterocycles. The lowest BCUT2D eigenvalue weighted by Gasteiger charge is -2.07. The highest BCUT2D eigenvalue weighted by atomic mass is 79.9. The summed E-state index contributed by atoms with van der Waals surface area (Å²) in [5.41, 5.74) is 3.79. The Balaban J connectivity index is 1.97. The first-order valence-corrected chi connectivity index (χ1v) is 7.73. The lowest BCUT2D eigenvalue weighted by molar-refractivity contribution is 0.775. The molecule has 1 fully saturated rings. The number of halogens is 1. The fraction of sp³-hybridized carbons (Fsp3) is 0.176. The van der Waals surface area contributed by atoms with Gasteiger partial charge in [0.1, 0.15) is 5.82 Å². The van der Waals surface area contributed by atoms with E-state index in [0.29, 0.717) is 11.6 Å². The summed E-state index contributed by atoms with van der Waals surface area (Å²) < 4.78 is 3.38. The smallest absolute Gasteiger partial charge is 0.141 e. The third-order valence-electron chi connectivity index (χ3n) is 3.83. The van der Waals surface area contributed by atoms with Crippen molar-refractivity contribution in [2.45, 2.75) is 18.9 Å². The summed E-state index contributed by atoms with van der Waals surface area (Å²) in [6.45, 7) is 0. The van der Waals surface area contributed by atoms with Gasteiger partial charge in [0, 0.05) is 16.1 Å². The van der Waals surface area contributed by atoms with Gasteiger partial charge in [-0.2, -0.15) is 5.26 Å². The zero-order chi connectivity index (χ0) is 14.4. The second-order valence-electron chi connectivity index (χ2n) is 5.36. The van der Waals surface area contributed by atoms with E-state index in [0.717, 1.165) is 26.9 Å². The molecule has 0 atom stereocenters. The largest absolute Gasteiger partial charge is 0.321 e. The van der Waals surface area contributed by atoms with Crippen molar-refractivity contribution in [2.75, 3.05) is 0 Å². The number of nitriles is 1. The Morgan fingerprint density at radius 2 is 1.90 bits per heavy atom. The average Bonchev–Trinajstić information content (AvgIpc) is 3.27. The maximum Gasteiger partial charge on any atom is 0.141 e. The van der Waals surface area contributed by atoms with Crippen LogP contribution in [0, 0.1) is 11.3 Å². The van der Waals surface area contributed by atoms with Crippen LogP contribution in [-0.2, 0) is 0 Å². The quantitative estimate of drug-likeness (QED) is 0.681. The SMILES string of the molecule is N#Cc1ccc2c(c1)nc(-c1ccc(Br)cc1)n2C1CC1. The van der Waals surface area contributed by atoms with Crippen LogP contribution >= 0.6 is 15.9 Å². The molecule has 1 aromatic heterocycles. The van der Waals surface area contributed by atoms with E-state index in [4.69, 9.17) is 10.2 Å². The maximum atomic E-state index is 9.05. The molecule has 3 aromatic rings. The molecule has 1 heterocycles. The Morgan fingerprint density at radius 1 is 1.14 bits per heavy atom. The van der Waals surface area contributed by atoms with Gasteiger partial charge < -0.3 is 4.57 Å². The van der Waals surface area contributed by atoms with Crippen LogP contribution in [0.15, 0.2) is 46.9 Å². The van der Waals surface area contributed by atoms with Crippen molar-refractivity contribution in [3.05, 3.63) is 52.5 Å². The molecule has 1 aliphatic carbocycles. The molecule has 0 bridgehead atoms. The first kappa shape index (κ1) is 12.6. The van der Waals surface area contributed by atoms with Gasteiger partial charge in [0.2, 0.25) is 0 Å². The number of nitrogens with zero attached hydrogens (tertiary/aromatic N) is 3. The highest BCUT2D eigenvalue weighted by molar-refractivity contribution is 9.10. The van der Waals surface area contributed by atoms with E-state index in [-0.39, 0.29) is 0 Å². The topological polar surface area (TPSA) is 41.6 Å². The van der Waals surface area contributed by atoms with Crippen LogP contribution in [0.2, 0.25) is 0 Å². The summed E-state index contributed by atoms with van der Waals surface area (Å²) >= 11 is 3.47. The average molecular weight is 338 g/mol. The monoisotopic (exact) mass is 337 g/mol. The van der Waals surface area contributed by atoms with E-state index in [2.05, 4.69) is 38.7 Å². The Morgan fingerprint density at radius 3 is 2.57 bits per heavy atom. The summed E-state index contributed by atoms with van der Waals surface area (Å²) in [5, 5.41) is 9.05. The normalized spacial score (nSPS) is 14.3. The number of rotatable bonds is 2. The minimum Gasteiger partial charge on any atom is -0.321 e. The van der Waals surface area contributed by atoms with Gasteiger partial charge in [-0.3, -0.25) is 0 Å². The van der Waals surface area contributed by atoms with Gasteiger partial charge in [-0.1, -0.05) is 28.1 Å². The molecule has 4 heteroatoms. The number of aromatic nitrogens is 2. The number of hydrogen-bond donors (Lipinski definition) is 0. The molecule has 1 saturated carbocycles. The number of benzene rings is 2. The summed E-state index contributed by atoms with van der Waals surface area (Å²) in [4.78, 5) is 4.78. The molecule has 1 aliphatic rings. The zero-order valence-electron chi connectivity index (χ0n) is 11.3. The Labute approximate surface area is 131 Å². The Bertz CT molecular complexity index is 867. The van der Waals surface area contributed by atoms with E-state index in [1.54, 1.807) is 0 Å². The van der Waals surface area contributed by atoms with Crippen LogP contribution in [0.1, 0.15) is 24.4 Å². The molecule has 0 amide bonds. The van der Waals surface area contributed by atoms with Crippen molar-refractivity contribution in [1.82, 2.24) is 9.55 Å². The summed E-state index contributed by atoms with van der Waals surface area (Å²) in [6, 6.07) is 16.7. The summed E-state index contributed by atoms with van der Waals surface area (Å²) in [5.74, 6) is 0.995. The van der Waals surface area contributed by atoms with Crippen molar-refractivity contribution >= 4 is 27.0 Å². The molecule has 0 unspecified atom stereocenters. The van der Waals surface area contributed by atoms with Crippen molar-refractivity contribution in [1.29, 1.82) is 5.26 Å². The van der Waals surface area contributed by atoms with Crippen LogP contribution < -0.4 is 0 Å². The molecule has 2 aromatic carbocycles. The number of hydrogen-bond acceptors (Lipinski definition) is 2. The van der Waals surface area contributed by atoms with Crippen molar-refractivity contribution in [3.63, 3.8) is 0 Å². The van der Waals surface area contributed by atoms with Crippen molar-refractivity contribution in [3.8, 4) is 17.5 Å². The molecule has 0 aliphatic heterocycles. The van der Waals surface area contributed by atoms with Gasteiger partial charge in [-0.15, -0.1) is 0 Å². The van der Waals surface area contributed by atoms with Gasteiger partial charge in [-0.25, -0.2) is 4.98 Å². The highest BCUT2D eigenvalue weighted by Gasteiger charge is 2.28. The van der Waals surface area contributed by atoms with Crippen LogP contribution in [0.25, 0.3) is 22.4 Å². The van der Waals surface area contributed by atoms with E-state index in [1.807, 2.05) is 30.3 Å². The van der Waals surface area contributed by atoms with Crippen LogP contribution in [0.5, 0.6) is 0 Å². The van der Waals surface area contributed by atoms with E-state index >= 15 is 0 Å². The molecule has 0 radical (unpaired) electrons. The molecule has 0 spiro atoms. The molecular weight excluding hydrogens is 326 g/mol. The van der Waals surface area contributed by atoms with E-state index in [9.17, 15) is 0 Å². The number of imidazole rings is 1. The fourth-order valence-electron chi connectivity index (χ4n) is 2.67. The molecule has 102 valence electrons. The summed E-state index contributed by atoms with van der Waals surface area (Å²) in [7, 11) is 0. The second-order valence-corrected chi connectivity index (χ2v) is 6.27. The molecular formula is C17H12BrN3. The predicted octanol–water partition coefficient (Wildman–Crippen LogP) is 4.67. The molecule has 21 heavy (non-hydrogen) atoms. The standard InChI is InChI=1S/C17H12BrN3/c18-13-4-2-12(3-5-13)17-20-15-9-11(10-19)1-8-16(15)21(17)14-6-7-14/h1-5,8-9,14H,6-7H2. The molecule has 0 N–H and O–H groups in total. The highest BCUT2D eigenvalue weighted by Crippen LogP contribution is 2.41. The van der Waals surface area contributed by atoms with Gasteiger partial charge in [0.25, 0.3) is 0 Å². The van der Waals surface area contributed by atoms with Gasteiger partial charge in [-0.05, 0) is 43.2 Å². The minimum absolute atomic E-state index is 0.543. The number of fused-ring (bicyclic) bond motifs is 1. The lowest BCUT2D eigenvalue weighted by Crippen LogP contribution is -1.97. The fourth-order valence-corrected chi connectivity index (χ4v) is 2.94. The van der Waals surface area contributed by atoms with E-state index in [1.165, 1.54) is 12.8 Å². The third-order valence-corrected chi connectivity index (χ3v) is 4.36. The second kappa shape index (κ2) is 4.71. The Hall–Kier alpha value is -2.12. The first-order valence-electron chi connectivity index (χ1n) is 6.94. The van der Waals surface area contributed by atoms with Crippen molar-refractivity contribution < 1.29 is 0 Å². The van der Waals surface area contributed by atoms with Crippen LogP contribution in [-0.4, -0.2) is 9.55 Å². The van der Waals surface area contributed by atoms with Gasteiger partial charge in [0.05, 0.1) is 22.7 Å². The van der Waals surface area contributed by atoms with Gasteiger partial charge >= 0.3 is 0 Å². The minimum atomic E-state index is 0.543. The van der Waals surface area contributed by atoms with Crippen LogP contribution in [0.4, 0.5) is 0 Å². The van der Waals surface area contributed by atoms with Crippen LogP contribution in [0.3, 0.4) is 0 Å². The maximum absolute atomic E-state index is 9.05. The first-order chi connectivity index (χ1) is 10.3. The predicted molar refractivity (Wildman–Crippen MR) is 85.9 cm³/mol. The van der Waals surface area contributed by atoms with E-state index < -0.39 is 0 Å². The van der Waals surface area contributed by atoms with Gasteiger partial charge in [0.15, 0.2) is 0 Å². The zero-order valence-corrected chi connectivity index (χ0v) is 12.8. The van der Waals surface area contributed by atoms with Crippen molar-refractivity contribution in [2.24, 2.45) is 0 Å². The third kappa shape index (κ3) is 2.14. The molecule has 4 rings (SSSR count). The molecule has 3 nitrogen and oxygen atoms in total. The lowest BCUT2D eigenvalue weighted by atomic mass is 10.2. The summed E-state index contributed by atoms with van der Waals surface area (Å²) in [6.07, 6.45) is 2.41. The Kier molecular flexibility index (Phi) is 2.83.